The SMILES string of the molecule is CN(C)/C=N\c1nc2[nH]cc(CCc3ccc(C(=O)NCCCC=O)cc3)c2c(=O)[nH]1. The van der Waals surface area contributed by atoms with Crippen molar-refractivity contribution in [3.63, 3.8) is 0 Å². The van der Waals surface area contributed by atoms with Crippen molar-refractivity contribution < 1.29 is 9.59 Å². The summed E-state index contributed by atoms with van der Waals surface area (Å²) >= 11 is 0. The first-order valence-electron chi connectivity index (χ1n) is 10.1. The van der Waals surface area contributed by atoms with Crippen molar-refractivity contribution in [2.45, 2.75) is 25.7 Å². The number of nitrogens with one attached hydrogen (secondary N) is 3. The third kappa shape index (κ3) is 5.88. The number of nitrogens with zero attached hydrogens (tertiary/aromatic N) is 3. The molecule has 0 aliphatic heterocycles. The summed E-state index contributed by atoms with van der Waals surface area (Å²) in [6, 6.07) is 7.38. The Kier molecular flexibility index (Phi) is 7.31. The second-order valence-corrected chi connectivity index (χ2v) is 7.40. The number of fused-ring (bicyclic) bond motifs is 1. The number of amides is 1. The Hall–Kier alpha value is -3.75. The summed E-state index contributed by atoms with van der Waals surface area (Å²) in [5.74, 6) is 0.0963. The minimum atomic E-state index is -0.228. The van der Waals surface area contributed by atoms with Gasteiger partial charge in [0.2, 0.25) is 5.95 Å². The van der Waals surface area contributed by atoms with Gasteiger partial charge in [-0.25, -0.2) is 4.99 Å². The summed E-state index contributed by atoms with van der Waals surface area (Å²) in [7, 11) is 3.67. The van der Waals surface area contributed by atoms with E-state index >= 15 is 0 Å². The van der Waals surface area contributed by atoms with Gasteiger partial charge in [0.25, 0.3) is 11.5 Å². The molecule has 3 rings (SSSR count). The number of H-pyrrole nitrogens is 2. The molecule has 3 N–H and O–H groups in total. The molecule has 9 heteroatoms. The van der Waals surface area contributed by atoms with E-state index < -0.39 is 0 Å². The van der Waals surface area contributed by atoms with Crippen LogP contribution < -0.4 is 10.9 Å². The molecule has 0 aliphatic rings. The normalized spacial score (nSPS) is 11.2. The second-order valence-electron chi connectivity index (χ2n) is 7.40. The fourth-order valence-electron chi connectivity index (χ4n) is 3.11. The Morgan fingerprint density at radius 3 is 2.71 bits per heavy atom. The smallest absolute Gasteiger partial charge is 0.262 e. The zero-order valence-corrected chi connectivity index (χ0v) is 17.6. The number of benzene rings is 1. The number of unbranched alkanes of at least 4 members (excludes halogenated alkanes) is 1. The van der Waals surface area contributed by atoms with Gasteiger partial charge in [-0.2, -0.15) is 4.98 Å². The topological polar surface area (TPSA) is 123 Å². The summed E-state index contributed by atoms with van der Waals surface area (Å²) in [6.07, 6.45) is 6.66. The van der Waals surface area contributed by atoms with Gasteiger partial charge in [0.1, 0.15) is 11.9 Å². The van der Waals surface area contributed by atoms with Gasteiger partial charge in [-0.15, -0.1) is 0 Å². The van der Waals surface area contributed by atoms with E-state index in [1.165, 1.54) is 0 Å². The molecule has 9 nitrogen and oxygen atoms in total. The first-order valence-corrected chi connectivity index (χ1v) is 10.1. The lowest BCUT2D eigenvalue weighted by atomic mass is 10.0. The van der Waals surface area contributed by atoms with Gasteiger partial charge >= 0.3 is 0 Å². The number of aromatic nitrogens is 3. The highest BCUT2D eigenvalue weighted by molar-refractivity contribution is 5.94. The summed E-state index contributed by atoms with van der Waals surface area (Å²) in [5, 5.41) is 3.33. The van der Waals surface area contributed by atoms with E-state index in [0.29, 0.717) is 48.8 Å². The third-order valence-corrected chi connectivity index (χ3v) is 4.71. The molecule has 31 heavy (non-hydrogen) atoms. The van der Waals surface area contributed by atoms with E-state index in [2.05, 4.69) is 25.3 Å². The van der Waals surface area contributed by atoms with Gasteiger partial charge in [0.05, 0.1) is 11.7 Å². The zero-order valence-electron chi connectivity index (χ0n) is 17.6. The maximum atomic E-state index is 12.5. The van der Waals surface area contributed by atoms with E-state index in [4.69, 9.17) is 0 Å². The van der Waals surface area contributed by atoms with Crippen LogP contribution in [0.3, 0.4) is 0 Å². The number of aliphatic imine (C=N–C) groups is 1. The number of carbonyl (C=O) groups excluding carboxylic acids is 2. The molecule has 162 valence electrons. The molecule has 1 amide bonds. The lowest BCUT2D eigenvalue weighted by Crippen LogP contribution is -2.24. The first kappa shape index (κ1) is 21.9. The van der Waals surface area contributed by atoms with Crippen LogP contribution in [-0.4, -0.2) is 59.0 Å². The quantitative estimate of drug-likeness (QED) is 0.199. The maximum absolute atomic E-state index is 12.5. The Labute approximate surface area is 179 Å². The van der Waals surface area contributed by atoms with E-state index in [1.807, 2.05) is 26.2 Å². The highest BCUT2D eigenvalue weighted by Crippen LogP contribution is 2.17. The Morgan fingerprint density at radius 2 is 2.00 bits per heavy atom. The number of aldehydes is 1. The van der Waals surface area contributed by atoms with Crippen LogP contribution in [0.15, 0.2) is 40.2 Å². The second kappa shape index (κ2) is 10.3. The number of aryl methyl sites for hydroxylation is 2. The van der Waals surface area contributed by atoms with E-state index in [-0.39, 0.29) is 17.4 Å². The highest BCUT2D eigenvalue weighted by Gasteiger charge is 2.11. The number of hydrogen-bond donors (Lipinski definition) is 3. The number of rotatable bonds is 10. The van der Waals surface area contributed by atoms with Gasteiger partial charge in [0, 0.05) is 38.8 Å². The number of carbonyl (C=O) groups is 2. The number of hydrogen-bond acceptors (Lipinski definition) is 5. The molecule has 2 heterocycles. The molecule has 0 fully saturated rings. The molecule has 0 spiro atoms. The monoisotopic (exact) mass is 422 g/mol. The van der Waals surface area contributed by atoms with Crippen LogP contribution in [0.1, 0.15) is 34.3 Å². The van der Waals surface area contributed by atoms with E-state index in [1.54, 1.807) is 29.6 Å². The Balaban J connectivity index is 1.64. The van der Waals surface area contributed by atoms with Crippen LogP contribution >= 0.6 is 0 Å². The average molecular weight is 422 g/mol. The summed E-state index contributed by atoms with van der Waals surface area (Å²) in [6.45, 7) is 0.477. The maximum Gasteiger partial charge on any atom is 0.262 e. The Bertz CT molecular complexity index is 1130. The van der Waals surface area contributed by atoms with Crippen LogP contribution in [0.5, 0.6) is 0 Å². The standard InChI is InChI=1S/C22H26N6O3/c1-28(2)14-25-22-26-19-18(21(31)27-22)17(13-24-19)10-7-15-5-8-16(9-6-15)20(30)23-11-3-4-12-29/h5-6,8-9,12-14H,3-4,7,10-11H2,1-2H3,(H,23,30)(H2,24,26,27,31)/b25-14-. The predicted octanol–water partition coefficient (Wildman–Crippen LogP) is 1.97. The molecule has 0 radical (unpaired) electrons. The molecule has 3 aromatic rings. The summed E-state index contributed by atoms with van der Waals surface area (Å²) < 4.78 is 0. The zero-order chi connectivity index (χ0) is 22.2. The van der Waals surface area contributed by atoms with Crippen LogP contribution in [0, 0.1) is 0 Å². The molecular weight excluding hydrogens is 396 g/mol. The van der Waals surface area contributed by atoms with Gasteiger partial charge in [-0.05, 0) is 42.5 Å². The van der Waals surface area contributed by atoms with Crippen LogP contribution in [0.2, 0.25) is 0 Å². The van der Waals surface area contributed by atoms with Gasteiger partial charge in [0.15, 0.2) is 0 Å². The van der Waals surface area contributed by atoms with Crippen molar-refractivity contribution in [2.24, 2.45) is 4.99 Å². The molecule has 0 unspecified atom stereocenters. The third-order valence-electron chi connectivity index (χ3n) is 4.71. The molecule has 0 saturated carbocycles. The van der Waals surface area contributed by atoms with Crippen molar-refractivity contribution in [3.05, 3.63) is 57.5 Å². The van der Waals surface area contributed by atoms with Crippen LogP contribution in [-0.2, 0) is 17.6 Å². The lowest BCUT2D eigenvalue weighted by Gasteiger charge is -2.06. The highest BCUT2D eigenvalue weighted by atomic mass is 16.1. The Morgan fingerprint density at radius 1 is 1.23 bits per heavy atom. The van der Waals surface area contributed by atoms with Crippen molar-refractivity contribution in [1.82, 2.24) is 25.2 Å². The van der Waals surface area contributed by atoms with Crippen LogP contribution in [0.25, 0.3) is 11.0 Å². The summed E-state index contributed by atoms with van der Waals surface area (Å²) in [5.41, 5.74) is 2.79. The van der Waals surface area contributed by atoms with Gasteiger partial charge < -0.3 is 20.0 Å². The molecule has 1 aromatic carbocycles. The molecule has 0 bridgehead atoms. The molecule has 0 saturated heterocycles. The average Bonchev–Trinajstić information content (AvgIpc) is 3.17. The first-order chi connectivity index (χ1) is 15.0. The summed E-state index contributed by atoms with van der Waals surface area (Å²) in [4.78, 5) is 50.9. The van der Waals surface area contributed by atoms with Crippen molar-refractivity contribution >= 4 is 35.5 Å². The van der Waals surface area contributed by atoms with Gasteiger partial charge in [-0.3, -0.25) is 14.6 Å². The fourth-order valence-corrected chi connectivity index (χ4v) is 3.11. The fraction of sp³-hybridized carbons (Fsp3) is 0.318. The van der Waals surface area contributed by atoms with Gasteiger partial charge in [-0.1, -0.05) is 12.1 Å². The van der Waals surface area contributed by atoms with Crippen molar-refractivity contribution in [2.75, 3.05) is 20.6 Å². The largest absolute Gasteiger partial charge is 0.369 e. The minimum absolute atomic E-state index is 0.153. The molecule has 0 aliphatic carbocycles. The number of aromatic amines is 2. The van der Waals surface area contributed by atoms with Crippen molar-refractivity contribution in [1.29, 1.82) is 0 Å². The van der Waals surface area contributed by atoms with E-state index in [9.17, 15) is 14.4 Å². The lowest BCUT2D eigenvalue weighted by molar-refractivity contribution is -0.107. The van der Waals surface area contributed by atoms with E-state index in [0.717, 1.165) is 17.4 Å². The van der Waals surface area contributed by atoms with Crippen molar-refractivity contribution in [3.8, 4) is 0 Å². The van der Waals surface area contributed by atoms with Crippen LogP contribution in [0.4, 0.5) is 5.95 Å². The predicted molar refractivity (Wildman–Crippen MR) is 120 cm³/mol. The minimum Gasteiger partial charge on any atom is -0.369 e. The molecule has 2 aromatic heterocycles. The molecule has 0 atom stereocenters. The molecular formula is C22H26N6O3.